The Balaban J connectivity index is 1.79. The van der Waals surface area contributed by atoms with E-state index in [2.05, 4.69) is 10.2 Å². The van der Waals surface area contributed by atoms with Crippen LogP contribution in [0.1, 0.15) is 53.9 Å². The van der Waals surface area contributed by atoms with Crippen molar-refractivity contribution in [2.75, 3.05) is 45.8 Å². The number of hydrogen-bond donors (Lipinski definition) is 1. The number of hydrogen-bond acceptors (Lipinski definition) is 5. The van der Waals surface area contributed by atoms with Crippen LogP contribution >= 0.6 is 0 Å². The Morgan fingerprint density at radius 3 is 2.31 bits per heavy atom. The zero-order valence-electron chi connectivity index (χ0n) is 18.7. The lowest BCUT2D eigenvalue weighted by molar-refractivity contribution is -0.139. The first kappa shape index (κ1) is 23.4. The second-order valence-electron chi connectivity index (χ2n) is 9.24. The summed E-state index contributed by atoms with van der Waals surface area (Å²) < 4.78 is 5.45. The highest BCUT2D eigenvalue weighted by Crippen LogP contribution is 2.22. The Morgan fingerprint density at radius 1 is 1.07 bits per heavy atom. The lowest BCUT2D eigenvalue weighted by Gasteiger charge is -2.39. The van der Waals surface area contributed by atoms with Gasteiger partial charge in [-0.2, -0.15) is 0 Å². The van der Waals surface area contributed by atoms with E-state index in [0.717, 1.165) is 19.3 Å². The third-order valence-corrected chi connectivity index (χ3v) is 5.49. The molecule has 1 N–H and O–H groups in total. The fourth-order valence-electron chi connectivity index (χ4n) is 3.68. The van der Waals surface area contributed by atoms with Crippen LogP contribution < -0.4 is 5.32 Å². The van der Waals surface area contributed by atoms with Crippen molar-refractivity contribution in [3.8, 4) is 0 Å². The van der Waals surface area contributed by atoms with Gasteiger partial charge in [0.05, 0.1) is 12.5 Å². The number of likely N-dealkylation sites (tertiary alicyclic amines) is 1. The molecule has 0 aromatic heterocycles. The molecule has 29 heavy (non-hydrogen) atoms. The second-order valence-corrected chi connectivity index (χ2v) is 9.24. The Morgan fingerprint density at radius 2 is 1.72 bits per heavy atom. The summed E-state index contributed by atoms with van der Waals surface area (Å²) in [6.07, 6.45) is 2.18. The average Bonchev–Trinajstić information content (AvgIpc) is 2.66. The molecule has 166 valence electrons. The predicted molar refractivity (Wildman–Crippen MR) is 111 cm³/mol. The first-order chi connectivity index (χ1) is 13.6. The van der Waals surface area contributed by atoms with Gasteiger partial charge in [0.25, 0.3) is 0 Å². The summed E-state index contributed by atoms with van der Waals surface area (Å²) in [6, 6.07) is 0.185. The molecule has 2 saturated heterocycles. The van der Waals surface area contributed by atoms with Gasteiger partial charge in [0.15, 0.2) is 0 Å². The van der Waals surface area contributed by atoms with Crippen LogP contribution in [-0.4, -0.2) is 90.1 Å². The predicted octanol–water partition coefficient (Wildman–Crippen LogP) is 1.69. The normalized spacial score (nSPS) is 22.2. The molecule has 2 atom stereocenters. The molecule has 2 heterocycles. The monoisotopic (exact) mass is 410 g/mol. The van der Waals surface area contributed by atoms with Crippen molar-refractivity contribution >= 4 is 17.9 Å². The molecule has 8 heteroatoms. The van der Waals surface area contributed by atoms with Gasteiger partial charge in [-0.25, -0.2) is 4.79 Å². The minimum atomic E-state index is -0.536. The molecule has 0 aromatic carbocycles. The molecule has 2 rings (SSSR count). The van der Waals surface area contributed by atoms with Gasteiger partial charge in [-0.05, 0) is 47.0 Å². The molecule has 0 radical (unpaired) electrons. The van der Waals surface area contributed by atoms with Gasteiger partial charge in [-0.3, -0.25) is 14.5 Å². The van der Waals surface area contributed by atoms with Gasteiger partial charge in [0, 0.05) is 45.3 Å². The maximum absolute atomic E-state index is 13.0. The van der Waals surface area contributed by atoms with E-state index in [-0.39, 0.29) is 29.9 Å². The highest BCUT2D eigenvalue weighted by Gasteiger charge is 2.34. The fourth-order valence-corrected chi connectivity index (χ4v) is 3.68. The van der Waals surface area contributed by atoms with Gasteiger partial charge in [0.2, 0.25) is 11.8 Å². The first-order valence-corrected chi connectivity index (χ1v) is 10.9. The number of piperidine rings is 1. The van der Waals surface area contributed by atoms with Gasteiger partial charge < -0.3 is 19.9 Å². The maximum atomic E-state index is 13.0. The van der Waals surface area contributed by atoms with E-state index in [0.29, 0.717) is 45.8 Å². The number of ether oxygens (including phenoxy) is 1. The van der Waals surface area contributed by atoms with E-state index in [1.54, 1.807) is 4.90 Å². The molecular weight excluding hydrogens is 372 g/mol. The van der Waals surface area contributed by atoms with Crippen molar-refractivity contribution < 1.29 is 19.1 Å². The van der Waals surface area contributed by atoms with Gasteiger partial charge >= 0.3 is 6.09 Å². The summed E-state index contributed by atoms with van der Waals surface area (Å²) in [7, 11) is 0. The van der Waals surface area contributed by atoms with E-state index in [4.69, 9.17) is 4.74 Å². The van der Waals surface area contributed by atoms with Crippen LogP contribution in [0.4, 0.5) is 4.79 Å². The third kappa shape index (κ3) is 7.49. The first-order valence-electron chi connectivity index (χ1n) is 10.9. The summed E-state index contributed by atoms with van der Waals surface area (Å²) in [6.45, 7) is 13.7. The molecule has 3 amide bonds. The SMILES string of the molecule is CCC(C)NC(=O)CN1CCN(C(=O)C2CCCN(C(=O)OC(C)(C)C)C2)CC1. The number of carbonyl (C=O) groups is 3. The average molecular weight is 411 g/mol. The van der Waals surface area contributed by atoms with Crippen LogP contribution in [0, 0.1) is 5.92 Å². The summed E-state index contributed by atoms with van der Waals surface area (Å²) >= 11 is 0. The largest absolute Gasteiger partial charge is 0.444 e. The summed E-state index contributed by atoms with van der Waals surface area (Å²) in [5.74, 6) is -0.0158. The molecule has 0 saturated carbocycles. The van der Waals surface area contributed by atoms with Gasteiger partial charge in [0.1, 0.15) is 5.60 Å². The molecule has 0 bridgehead atoms. The second kappa shape index (κ2) is 10.3. The van der Waals surface area contributed by atoms with Crippen LogP contribution in [0.25, 0.3) is 0 Å². The lowest BCUT2D eigenvalue weighted by atomic mass is 9.96. The zero-order chi connectivity index (χ0) is 21.6. The van der Waals surface area contributed by atoms with Crippen molar-refractivity contribution in [3.05, 3.63) is 0 Å². The number of nitrogens with zero attached hydrogens (tertiary/aromatic N) is 3. The highest BCUT2D eigenvalue weighted by molar-refractivity contribution is 5.80. The minimum Gasteiger partial charge on any atom is -0.444 e. The smallest absolute Gasteiger partial charge is 0.410 e. The number of rotatable bonds is 5. The molecular formula is C21H38N4O4. The molecule has 0 spiro atoms. The number of amides is 3. The van der Waals surface area contributed by atoms with Crippen LogP contribution in [0.15, 0.2) is 0 Å². The van der Waals surface area contributed by atoms with Gasteiger partial charge in [-0.1, -0.05) is 6.92 Å². The lowest BCUT2D eigenvalue weighted by Crippen LogP contribution is -2.54. The van der Waals surface area contributed by atoms with E-state index in [1.807, 2.05) is 39.5 Å². The topological polar surface area (TPSA) is 82.2 Å². The van der Waals surface area contributed by atoms with Crippen molar-refractivity contribution in [2.24, 2.45) is 5.92 Å². The third-order valence-electron chi connectivity index (χ3n) is 5.49. The van der Waals surface area contributed by atoms with Crippen LogP contribution in [0.2, 0.25) is 0 Å². The number of piperazine rings is 1. The van der Waals surface area contributed by atoms with Crippen LogP contribution in [0.3, 0.4) is 0 Å². The number of carbonyl (C=O) groups excluding carboxylic acids is 3. The van der Waals surface area contributed by atoms with Gasteiger partial charge in [-0.15, -0.1) is 0 Å². The maximum Gasteiger partial charge on any atom is 0.410 e. The quantitative estimate of drug-likeness (QED) is 0.746. The fraction of sp³-hybridized carbons (Fsp3) is 0.857. The van der Waals surface area contributed by atoms with Crippen molar-refractivity contribution in [1.29, 1.82) is 0 Å². The summed E-state index contributed by atoms with van der Waals surface area (Å²) in [5, 5.41) is 2.98. The van der Waals surface area contributed by atoms with E-state index < -0.39 is 5.60 Å². The molecule has 2 fully saturated rings. The minimum absolute atomic E-state index is 0.0411. The molecule has 8 nitrogen and oxygen atoms in total. The standard InChI is InChI=1S/C21H38N4O4/c1-6-16(2)22-18(26)15-23-10-12-24(13-11-23)19(27)17-8-7-9-25(14-17)20(28)29-21(3,4)5/h16-17H,6-15H2,1-5H3,(H,22,26). The molecule has 2 aliphatic rings. The van der Waals surface area contributed by atoms with Crippen molar-refractivity contribution in [3.63, 3.8) is 0 Å². The molecule has 2 unspecified atom stereocenters. The Labute approximate surface area is 174 Å². The Kier molecular flexibility index (Phi) is 8.31. The van der Waals surface area contributed by atoms with Crippen molar-refractivity contribution in [2.45, 2.75) is 65.5 Å². The Hall–Kier alpha value is -1.83. The van der Waals surface area contributed by atoms with Crippen LogP contribution in [0.5, 0.6) is 0 Å². The molecule has 2 aliphatic heterocycles. The number of nitrogens with one attached hydrogen (secondary N) is 1. The van der Waals surface area contributed by atoms with Crippen molar-refractivity contribution in [1.82, 2.24) is 20.0 Å². The van der Waals surface area contributed by atoms with E-state index >= 15 is 0 Å². The molecule has 0 aliphatic carbocycles. The zero-order valence-corrected chi connectivity index (χ0v) is 18.7. The Bertz CT molecular complexity index is 582. The van der Waals surface area contributed by atoms with E-state index in [1.165, 1.54) is 0 Å². The van der Waals surface area contributed by atoms with Crippen LogP contribution in [-0.2, 0) is 14.3 Å². The summed E-state index contributed by atoms with van der Waals surface area (Å²) in [4.78, 5) is 43.0. The highest BCUT2D eigenvalue weighted by atomic mass is 16.6. The summed E-state index contributed by atoms with van der Waals surface area (Å²) in [5.41, 5.74) is -0.536. The van der Waals surface area contributed by atoms with E-state index in [9.17, 15) is 14.4 Å². The molecule has 0 aromatic rings.